The number of nitrogens with one attached hydrogen (secondary N) is 2. The van der Waals surface area contributed by atoms with Crippen molar-refractivity contribution in [3.05, 3.63) is 66.4 Å². The molecule has 4 rings (SSSR count). The number of rotatable bonds is 9. The number of ketones is 1. The molecule has 12 heteroatoms. The first-order valence-corrected chi connectivity index (χ1v) is 12.4. The molecule has 40 heavy (non-hydrogen) atoms. The fraction of sp³-hybridized carbons (Fsp3) is 0.250. The lowest BCUT2D eigenvalue weighted by atomic mass is 10.1. The lowest BCUT2D eigenvalue weighted by Gasteiger charge is -2.25. The molecule has 0 spiro atoms. The first-order chi connectivity index (χ1) is 19.2. The van der Waals surface area contributed by atoms with Gasteiger partial charge in [-0.1, -0.05) is 30.3 Å². The van der Waals surface area contributed by atoms with E-state index in [1.54, 1.807) is 48.5 Å². The number of aliphatic hydroxyl groups is 1. The molecule has 0 saturated heterocycles. The molecule has 2 atom stereocenters. The number of carbonyl (C=O) groups is 6. The predicted octanol–water partition coefficient (Wildman–Crippen LogP) is 0.368. The molecule has 3 aromatic rings. The van der Waals surface area contributed by atoms with Crippen molar-refractivity contribution in [2.45, 2.75) is 25.4 Å². The van der Waals surface area contributed by atoms with Gasteiger partial charge in [0.1, 0.15) is 31.3 Å². The second-order valence-electron chi connectivity index (χ2n) is 9.20. The Morgan fingerprint density at radius 3 is 2.50 bits per heavy atom. The Kier molecular flexibility index (Phi) is 8.60. The molecule has 1 aliphatic heterocycles. The lowest BCUT2D eigenvalue weighted by Crippen LogP contribution is -2.55. The van der Waals surface area contributed by atoms with E-state index in [0.29, 0.717) is 17.2 Å². The predicted molar refractivity (Wildman–Crippen MR) is 145 cm³/mol. The fourth-order valence-electron chi connectivity index (χ4n) is 4.54. The van der Waals surface area contributed by atoms with Gasteiger partial charge >= 0.3 is 0 Å². The van der Waals surface area contributed by atoms with Crippen molar-refractivity contribution < 1.29 is 33.9 Å². The van der Waals surface area contributed by atoms with E-state index in [4.69, 9.17) is 0 Å². The number of aromatic nitrogens is 1. The molecule has 206 valence electrons. The standard InChI is InChI=1S/C28H27N5O7/c1-17(36)12-19(15-34)30-24(37)14-33-23-10-3-2-9-22(23)32(25(38)16-35)13-21(28(33)40)31-27(39)20-8-4-6-18-7-5-11-29-26(18)20/h2-11,15,19,21,35H,12-14,16H2,1H3,(H,30,37)(H,31,39)/t19-,21-/m0/s1. The monoisotopic (exact) mass is 545 g/mol. The normalized spacial score (nSPS) is 15.6. The zero-order chi connectivity index (χ0) is 28.8. The van der Waals surface area contributed by atoms with Crippen LogP contribution in [0, 0.1) is 0 Å². The summed E-state index contributed by atoms with van der Waals surface area (Å²) in [5.74, 6) is -3.09. The Bertz CT molecular complexity index is 1490. The largest absolute Gasteiger partial charge is 0.387 e. The highest BCUT2D eigenvalue weighted by atomic mass is 16.3. The number of Topliss-reactive ketones (excluding diaryl/α,β-unsaturated/α-hetero) is 1. The Morgan fingerprint density at radius 2 is 1.80 bits per heavy atom. The van der Waals surface area contributed by atoms with Crippen LogP contribution < -0.4 is 20.4 Å². The molecule has 2 heterocycles. The summed E-state index contributed by atoms with van der Waals surface area (Å²) in [7, 11) is 0. The summed E-state index contributed by atoms with van der Waals surface area (Å²) in [6.07, 6.45) is 1.75. The number of aldehydes is 1. The zero-order valence-corrected chi connectivity index (χ0v) is 21.6. The highest BCUT2D eigenvalue weighted by Gasteiger charge is 2.38. The molecule has 0 unspecified atom stereocenters. The fourth-order valence-corrected chi connectivity index (χ4v) is 4.54. The average Bonchev–Trinajstić information content (AvgIpc) is 3.06. The van der Waals surface area contributed by atoms with E-state index in [2.05, 4.69) is 15.6 Å². The average molecular weight is 546 g/mol. The van der Waals surface area contributed by atoms with Gasteiger partial charge in [-0.2, -0.15) is 0 Å². The van der Waals surface area contributed by atoms with Crippen molar-refractivity contribution in [2.24, 2.45) is 0 Å². The van der Waals surface area contributed by atoms with Crippen molar-refractivity contribution in [1.82, 2.24) is 15.6 Å². The number of hydrogen-bond acceptors (Lipinski definition) is 8. The summed E-state index contributed by atoms with van der Waals surface area (Å²) in [5.41, 5.74) is 1.04. The van der Waals surface area contributed by atoms with Crippen LogP contribution in [0.2, 0.25) is 0 Å². The van der Waals surface area contributed by atoms with Crippen LogP contribution in [0.3, 0.4) is 0 Å². The van der Waals surface area contributed by atoms with Gasteiger partial charge in [0.25, 0.3) is 17.7 Å². The summed E-state index contributed by atoms with van der Waals surface area (Å²) in [6.45, 7) is -0.467. The number of anilines is 2. The smallest absolute Gasteiger partial charge is 0.254 e. The summed E-state index contributed by atoms with van der Waals surface area (Å²) >= 11 is 0. The second kappa shape index (κ2) is 12.3. The molecule has 3 N–H and O–H groups in total. The van der Waals surface area contributed by atoms with Gasteiger partial charge in [-0.05, 0) is 31.2 Å². The van der Waals surface area contributed by atoms with E-state index in [9.17, 15) is 33.9 Å². The maximum Gasteiger partial charge on any atom is 0.254 e. The third-order valence-corrected chi connectivity index (χ3v) is 6.33. The highest BCUT2D eigenvalue weighted by molar-refractivity contribution is 6.12. The van der Waals surface area contributed by atoms with Gasteiger partial charge in [0.05, 0.1) is 35.0 Å². The van der Waals surface area contributed by atoms with Crippen molar-refractivity contribution in [3.63, 3.8) is 0 Å². The van der Waals surface area contributed by atoms with Gasteiger partial charge in [0, 0.05) is 18.0 Å². The number of aliphatic hydroxyl groups excluding tert-OH is 1. The molecule has 1 aliphatic rings. The number of pyridine rings is 1. The molecule has 12 nitrogen and oxygen atoms in total. The van der Waals surface area contributed by atoms with Gasteiger partial charge in [-0.25, -0.2) is 0 Å². The SMILES string of the molecule is CC(=O)C[C@@H](C=O)NC(=O)CN1C(=O)[C@@H](NC(=O)c2cccc3cccnc23)CN(C(=O)CO)c2ccccc21. The Labute approximate surface area is 229 Å². The first-order valence-electron chi connectivity index (χ1n) is 12.4. The minimum Gasteiger partial charge on any atom is -0.387 e. The van der Waals surface area contributed by atoms with Crippen molar-refractivity contribution >= 4 is 58.0 Å². The van der Waals surface area contributed by atoms with Crippen LogP contribution in [0.25, 0.3) is 10.9 Å². The lowest BCUT2D eigenvalue weighted by molar-refractivity contribution is -0.127. The Balaban J connectivity index is 1.69. The van der Waals surface area contributed by atoms with E-state index in [1.165, 1.54) is 24.1 Å². The topological polar surface area (TPSA) is 166 Å². The minimum absolute atomic E-state index is 0.183. The minimum atomic E-state index is -1.32. The summed E-state index contributed by atoms with van der Waals surface area (Å²) < 4.78 is 0. The quantitative estimate of drug-likeness (QED) is 0.324. The van der Waals surface area contributed by atoms with Crippen molar-refractivity contribution in [1.29, 1.82) is 0 Å². The van der Waals surface area contributed by atoms with E-state index in [0.717, 1.165) is 4.90 Å². The molecular formula is C28H27N5O7. The molecule has 0 aliphatic carbocycles. The van der Waals surface area contributed by atoms with Crippen LogP contribution in [-0.2, 0) is 24.0 Å². The number of hydrogen-bond donors (Lipinski definition) is 3. The van der Waals surface area contributed by atoms with Crippen LogP contribution in [-0.4, -0.2) is 77.6 Å². The van der Waals surface area contributed by atoms with Gasteiger partial charge in [-0.3, -0.25) is 33.9 Å². The van der Waals surface area contributed by atoms with E-state index >= 15 is 0 Å². The number of para-hydroxylation sites is 3. The second-order valence-corrected chi connectivity index (χ2v) is 9.20. The van der Waals surface area contributed by atoms with Crippen molar-refractivity contribution in [3.8, 4) is 0 Å². The third-order valence-electron chi connectivity index (χ3n) is 6.33. The van der Waals surface area contributed by atoms with Gasteiger partial charge in [0.15, 0.2) is 0 Å². The number of nitrogens with zero attached hydrogens (tertiary/aromatic N) is 3. The van der Waals surface area contributed by atoms with Gasteiger partial charge in [-0.15, -0.1) is 0 Å². The third kappa shape index (κ3) is 6.02. The molecule has 0 bridgehead atoms. The molecule has 1 aromatic heterocycles. The molecule has 0 radical (unpaired) electrons. The molecule has 0 fully saturated rings. The molecular weight excluding hydrogens is 518 g/mol. The van der Waals surface area contributed by atoms with Crippen LogP contribution in [0.4, 0.5) is 11.4 Å². The van der Waals surface area contributed by atoms with Crippen molar-refractivity contribution in [2.75, 3.05) is 29.5 Å². The van der Waals surface area contributed by atoms with Gasteiger partial charge in [0.2, 0.25) is 5.91 Å². The maximum absolute atomic E-state index is 13.9. The zero-order valence-electron chi connectivity index (χ0n) is 21.6. The first kappa shape index (κ1) is 28.0. The van der Waals surface area contributed by atoms with E-state index in [1.807, 2.05) is 0 Å². The highest BCUT2D eigenvalue weighted by Crippen LogP contribution is 2.33. The summed E-state index contributed by atoms with van der Waals surface area (Å²) in [4.78, 5) is 82.3. The van der Waals surface area contributed by atoms with E-state index in [-0.39, 0.29) is 35.7 Å². The van der Waals surface area contributed by atoms with Crippen LogP contribution in [0.15, 0.2) is 60.8 Å². The summed E-state index contributed by atoms with van der Waals surface area (Å²) in [6, 6.07) is 12.4. The van der Waals surface area contributed by atoms with Crippen LogP contribution >= 0.6 is 0 Å². The summed E-state index contributed by atoms with van der Waals surface area (Å²) in [5, 5.41) is 15.4. The van der Waals surface area contributed by atoms with Crippen LogP contribution in [0.1, 0.15) is 23.7 Å². The number of fused-ring (bicyclic) bond motifs is 2. The van der Waals surface area contributed by atoms with Crippen LogP contribution in [0.5, 0.6) is 0 Å². The number of amides is 4. The van der Waals surface area contributed by atoms with Gasteiger partial charge < -0.3 is 25.4 Å². The molecule has 2 aromatic carbocycles. The van der Waals surface area contributed by atoms with E-state index < -0.39 is 48.9 Å². The molecule has 0 saturated carbocycles. The number of benzene rings is 2. The Hall–Kier alpha value is -4.97. The number of carbonyl (C=O) groups excluding carboxylic acids is 6. The molecule has 4 amide bonds. The Morgan fingerprint density at radius 1 is 1.07 bits per heavy atom. The maximum atomic E-state index is 13.9.